The lowest BCUT2D eigenvalue weighted by molar-refractivity contribution is 0.0839. The first-order valence-electron chi connectivity index (χ1n) is 6.18. The van der Waals surface area contributed by atoms with Gasteiger partial charge in [0.05, 0.1) is 29.6 Å². The van der Waals surface area contributed by atoms with E-state index in [9.17, 15) is 5.11 Å². The van der Waals surface area contributed by atoms with Crippen molar-refractivity contribution in [3.05, 3.63) is 16.9 Å². The number of halogens is 1. The second kappa shape index (κ2) is 7.74. The molecular formula is C12H22ClN3O2. The second-order valence-corrected chi connectivity index (χ2v) is 4.81. The molecule has 6 heteroatoms. The van der Waals surface area contributed by atoms with E-state index in [0.717, 1.165) is 6.54 Å². The third kappa shape index (κ3) is 4.57. The standard InChI is InChI=1S/C12H22ClN3O2/c1-4-18-8-5-11(17)12-10(13)9-14-16(12)7-6-15(2)3/h9,11,17H,4-8H2,1-3H3. The highest BCUT2D eigenvalue weighted by molar-refractivity contribution is 6.31. The van der Waals surface area contributed by atoms with Crippen LogP contribution in [0.15, 0.2) is 6.20 Å². The van der Waals surface area contributed by atoms with Crippen molar-refractivity contribution in [1.29, 1.82) is 0 Å². The van der Waals surface area contributed by atoms with Crippen LogP contribution in [0.4, 0.5) is 0 Å². The van der Waals surface area contributed by atoms with Gasteiger partial charge in [0, 0.05) is 26.2 Å². The number of nitrogens with zero attached hydrogens (tertiary/aromatic N) is 3. The predicted molar refractivity (Wildman–Crippen MR) is 71.9 cm³/mol. The fraction of sp³-hybridized carbons (Fsp3) is 0.750. The summed E-state index contributed by atoms with van der Waals surface area (Å²) in [5.74, 6) is 0. The molecule has 0 radical (unpaired) electrons. The summed E-state index contributed by atoms with van der Waals surface area (Å²) in [5, 5.41) is 14.8. The first kappa shape index (κ1) is 15.4. The molecule has 1 heterocycles. The Balaban J connectivity index is 2.64. The van der Waals surface area contributed by atoms with Crippen molar-refractivity contribution in [2.45, 2.75) is 26.0 Å². The highest BCUT2D eigenvalue weighted by atomic mass is 35.5. The van der Waals surface area contributed by atoms with Crippen LogP contribution < -0.4 is 0 Å². The van der Waals surface area contributed by atoms with Crippen molar-refractivity contribution < 1.29 is 9.84 Å². The number of hydrogen-bond donors (Lipinski definition) is 1. The predicted octanol–water partition coefficient (Wildman–Crippen LogP) is 1.56. The molecule has 0 amide bonds. The molecule has 0 saturated heterocycles. The second-order valence-electron chi connectivity index (χ2n) is 4.41. The summed E-state index contributed by atoms with van der Waals surface area (Å²) in [4.78, 5) is 2.06. The van der Waals surface area contributed by atoms with Crippen molar-refractivity contribution in [1.82, 2.24) is 14.7 Å². The number of aliphatic hydroxyl groups is 1. The summed E-state index contributed by atoms with van der Waals surface area (Å²) in [6.07, 6.45) is 1.48. The van der Waals surface area contributed by atoms with Crippen LogP contribution in [-0.4, -0.2) is 53.6 Å². The molecule has 104 valence electrons. The minimum absolute atomic E-state index is 0.512. The van der Waals surface area contributed by atoms with E-state index in [4.69, 9.17) is 16.3 Å². The van der Waals surface area contributed by atoms with E-state index >= 15 is 0 Å². The molecule has 1 aromatic rings. The Morgan fingerprint density at radius 3 is 2.89 bits per heavy atom. The third-order valence-corrected chi connectivity index (χ3v) is 2.94. The molecule has 1 aromatic heterocycles. The highest BCUT2D eigenvalue weighted by Gasteiger charge is 2.17. The highest BCUT2D eigenvalue weighted by Crippen LogP contribution is 2.25. The van der Waals surface area contributed by atoms with Crippen LogP contribution in [-0.2, 0) is 11.3 Å². The molecule has 1 N–H and O–H groups in total. The van der Waals surface area contributed by atoms with Gasteiger partial charge in [-0.1, -0.05) is 11.6 Å². The lowest BCUT2D eigenvalue weighted by Gasteiger charge is -2.16. The Morgan fingerprint density at radius 2 is 2.28 bits per heavy atom. The van der Waals surface area contributed by atoms with E-state index in [1.807, 2.05) is 21.0 Å². The van der Waals surface area contributed by atoms with Gasteiger partial charge in [-0.3, -0.25) is 4.68 Å². The molecular weight excluding hydrogens is 254 g/mol. The Bertz CT molecular complexity index is 355. The van der Waals surface area contributed by atoms with Crippen LogP contribution in [0, 0.1) is 0 Å². The van der Waals surface area contributed by atoms with Crippen molar-refractivity contribution >= 4 is 11.6 Å². The molecule has 1 unspecified atom stereocenters. The average Bonchev–Trinajstić information content (AvgIpc) is 2.68. The van der Waals surface area contributed by atoms with Crippen molar-refractivity contribution in [2.24, 2.45) is 0 Å². The Hall–Kier alpha value is -0.620. The van der Waals surface area contributed by atoms with Gasteiger partial charge in [0.2, 0.25) is 0 Å². The third-order valence-electron chi connectivity index (χ3n) is 2.65. The maximum absolute atomic E-state index is 10.1. The SMILES string of the molecule is CCOCCC(O)c1c(Cl)cnn1CCN(C)C. The van der Waals surface area contributed by atoms with Crippen LogP contribution in [0.5, 0.6) is 0 Å². The van der Waals surface area contributed by atoms with Gasteiger partial charge in [-0.2, -0.15) is 5.10 Å². The smallest absolute Gasteiger partial charge is 0.0993 e. The quantitative estimate of drug-likeness (QED) is 0.732. The zero-order valence-electron chi connectivity index (χ0n) is 11.3. The molecule has 18 heavy (non-hydrogen) atoms. The van der Waals surface area contributed by atoms with Crippen LogP contribution in [0.2, 0.25) is 5.02 Å². The summed E-state index contributed by atoms with van der Waals surface area (Å²) >= 11 is 6.07. The van der Waals surface area contributed by atoms with Crippen LogP contribution in [0.1, 0.15) is 25.1 Å². The largest absolute Gasteiger partial charge is 0.387 e. The number of likely N-dealkylation sites (N-methyl/N-ethyl adjacent to an activating group) is 1. The molecule has 0 fully saturated rings. The van der Waals surface area contributed by atoms with Crippen LogP contribution in [0.25, 0.3) is 0 Å². The fourth-order valence-electron chi connectivity index (χ4n) is 1.65. The van der Waals surface area contributed by atoms with E-state index in [0.29, 0.717) is 36.9 Å². The Labute approximate surface area is 113 Å². The van der Waals surface area contributed by atoms with Gasteiger partial charge in [-0.05, 0) is 21.0 Å². The zero-order chi connectivity index (χ0) is 13.5. The minimum atomic E-state index is -0.631. The van der Waals surface area contributed by atoms with Gasteiger partial charge in [-0.25, -0.2) is 0 Å². The van der Waals surface area contributed by atoms with Crippen molar-refractivity contribution in [3.63, 3.8) is 0 Å². The molecule has 0 spiro atoms. The van der Waals surface area contributed by atoms with Gasteiger partial charge in [0.15, 0.2) is 0 Å². The molecule has 1 atom stereocenters. The molecule has 0 saturated carbocycles. The van der Waals surface area contributed by atoms with Gasteiger partial charge >= 0.3 is 0 Å². The fourth-order valence-corrected chi connectivity index (χ4v) is 1.92. The molecule has 0 aliphatic carbocycles. The zero-order valence-corrected chi connectivity index (χ0v) is 12.0. The van der Waals surface area contributed by atoms with E-state index in [-0.39, 0.29) is 0 Å². The van der Waals surface area contributed by atoms with E-state index < -0.39 is 6.10 Å². The van der Waals surface area contributed by atoms with Crippen LogP contribution in [0.3, 0.4) is 0 Å². The summed E-state index contributed by atoms with van der Waals surface area (Å²) in [6, 6.07) is 0. The molecule has 0 aliphatic rings. The van der Waals surface area contributed by atoms with Gasteiger partial charge in [0.25, 0.3) is 0 Å². The normalized spacial score (nSPS) is 13.2. The average molecular weight is 276 g/mol. The summed E-state index contributed by atoms with van der Waals surface area (Å²) in [5.41, 5.74) is 0.679. The maximum Gasteiger partial charge on any atom is 0.0993 e. The number of hydrogen-bond acceptors (Lipinski definition) is 4. The number of aliphatic hydroxyl groups excluding tert-OH is 1. The topological polar surface area (TPSA) is 50.5 Å². The first-order chi connectivity index (χ1) is 8.56. The molecule has 1 rings (SSSR count). The number of ether oxygens (including phenoxy) is 1. The summed E-state index contributed by atoms with van der Waals surface area (Å²) in [6.45, 7) is 4.66. The van der Waals surface area contributed by atoms with E-state index in [2.05, 4.69) is 10.00 Å². The van der Waals surface area contributed by atoms with E-state index in [1.165, 1.54) is 0 Å². The Morgan fingerprint density at radius 1 is 1.56 bits per heavy atom. The minimum Gasteiger partial charge on any atom is -0.387 e. The summed E-state index contributed by atoms with van der Waals surface area (Å²) in [7, 11) is 3.99. The lowest BCUT2D eigenvalue weighted by Crippen LogP contribution is -2.21. The summed E-state index contributed by atoms with van der Waals surface area (Å²) < 4.78 is 7.00. The molecule has 0 aromatic carbocycles. The monoisotopic (exact) mass is 275 g/mol. The molecule has 0 aliphatic heterocycles. The van der Waals surface area contributed by atoms with Gasteiger partial charge in [-0.15, -0.1) is 0 Å². The lowest BCUT2D eigenvalue weighted by atomic mass is 10.2. The first-order valence-corrected chi connectivity index (χ1v) is 6.55. The number of rotatable bonds is 8. The molecule has 5 nitrogen and oxygen atoms in total. The van der Waals surface area contributed by atoms with E-state index in [1.54, 1.807) is 10.9 Å². The Kier molecular flexibility index (Phi) is 6.63. The molecule has 0 bridgehead atoms. The number of aromatic nitrogens is 2. The van der Waals surface area contributed by atoms with Gasteiger partial charge in [0.1, 0.15) is 0 Å². The van der Waals surface area contributed by atoms with Crippen molar-refractivity contribution in [3.8, 4) is 0 Å². The maximum atomic E-state index is 10.1. The van der Waals surface area contributed by atoms with Crippen molar-refractivity contribution in [2.75, 3.05) is 33.9 Å². The van der Waals surface area contributed by atoms with Crippen LogP contribution >= 0.6 is 11.6 Å². The van der Waals surface area contributed by atoms with Gasteiger partial charge < -0.3 is 14.7 Å².